The average molecular weight is 301 g/mol. The summed E-state index contributed by atoms with van der Waals surface area (Å²) in [6.07, 6.45) is 0. The molecule has 0 radical (unpaired) electrons. The summed E-state index contributed by atoms with van der Waals surface area (Å²) < 4.78 is 12.3. The molecule has 0 saturated carbocycles. The number of benzene rings is 1. The van der Waals surface area contributed by atoms with E-state index in [0.29, 0.717) is 6.54 Å². The molecule has 118 valence electrons. The van der Waals surface area contributed by atoms with Crippen LogP contribution in [0, 0.1) is 0 Å². The van der Waals surface area contributed by atoms with Gasteiger partial charge in [0, 0.05) is 18.2 Å². The van der Waals surface area contributed by atoms with Gasteiger partial charge in [0.05, 0.1) is 11.2 Å². The molecule has 0 bridgehead atoms. The number of carbonyl (C=O) groups excluding carboxylic acids is 1. The van der Waals surface area contributed by atoms with Gasteiger partial charge in [0.2, 0.25) is 0 Å². The molecule has 1 aromatic rings. The number of rotatable bonds is 2. The Kier molecular flexibility index (Phi) is 3.42. The van der Waals surface area contributed by atoms with Crippen molar-refractivity contribution in [3.05, 3.63) is 29.3 Å². The van der Waals surface area contributed by atoms with Gasteiger partial charge in [0.15, 0.2) is 0 Å². The number of amides is 1. The second-order valence-corrected chi connectivity index (χ2v) is 7.49. The van der Waals surface area contributed by atoms with Crippen molar-refractivity contribution >= 4 is 18.5 Å². The molecular weight excluding hydrogens is 277 g/mol. The molecule has 0 atom stereocenters. The third kappa shape index (κ3) is 2.18. The van der Waals surface area contributed by atoms with Crippen molar-refractivity contribution in [1.29, 1.82) is 0 Å². The fourth-order valence-corrected chi connectivity index (χ4v) is 2.99. The van der Waals surface area contributed by atoms with Crippen molar-refractivity contribution in [3.8, 4) is 0 Å². The highest BCUT2D eigenvalue weighted by molar-refractivity contribution is 6.62. The maximum atomic E-state index is 12.5. The molecule has 0 N–H and O–H groups in total. The van der Waals surface area contributed by atoms with E-state index in [1.54, 1.807) is 0 Å². The molecule has 0 aromatic heterocycles. The quantitative estimate of drug-likeness (QED) is 0.787. The topological polar surface area (TPSA) is 38.8 Å². The normalized spacial score (nSPS) is 22.6. The van der Waals surface area contributed by atoms with Gasteiger partial charge in [-0.3, -0.25) is 4.79 Å². The summed E-state index contributed by atoms with van der Waals surface area (Å²) >= 11 is 0. The van der Waals surface area contributed by atoms with Crippen LogP contribution < -0.4 is 5.46 Å². The lowest BCUT2D eigenvalue weighted by molar-refractivity contribution is 0.00578. The van der Waals surface area contributed by atoms with E-state index in [9.17, 15) is 4.79 Å². The third-order valence-corrected chi connectivity index (χ3v) is 5.16. The monoisotopic (exact) mass is 301 g/mol. The zero-order valence-electron chi connectivity index (χ0n) is 14.3. The van der Waals surface area contributed by atoms with Crippen molar-refractivity contribution in [3.63, 3.8) is 0 Å². The fourth-order valence-electron chi connectivity index (χ4n) is 2.99. The summed E-state index contributed by atoms with van der Waals surface area (Å²) in [4.78, 5) is 14.4. The summed E-state index contributed by atoms with van der Waals surface area (Å²) in [6.45, 7) is 12.9. The van der Waals surface area contributed by atoms with Gasteiger partial charge >= 0.3 is 7.12 Å². The maximum absolute atomic E-state index is 12.5. The third-order valence-electron chi connectivity index (χ3n) is 5.16. The van der Waals surface area contributed by atoms with Crippen LogP contribution in [0.25, 0.3) is 0 Å². The lowest BCUT2D eigenvalue weighted by atomic mass is 9.75. The smallest absolute Gasteiger partial charge is 0.399 e. The minimum Gasteiger partial charge on any atom is -0.399 e. The van der Waals surface area contributed by atoms with Crippen LogP contribution in [0.1, 0.15) is 57.5 Å². The van der Waals surface area contributed by atoms with Crippen LogP contribution in [-0.2, 0) is 15.9 Å². The predicted octanol–water partition coefficient (Wildman–Crippen LogP) is 2.35. The van der Waals surface area contributed by atoms with E-state index >= 15 is 0 Å². The number of hydrogen-bond donors (Lipinski definition) is 0. The fraction of sp³-hybridized carbons (Fsp3) is 0.588. The van der Waals surface area contributed by atoms with Crippen LogP contribution in [0.4, 0.5) is 0 Å². The molecular formula is C17H24BNO3. The van der Waals surface area contributed by atoms with Crippen molar-refractivity contribution < 1.29 is 14.1 Å². The van der Waals surface area contributed by atoms with Gasteiger partial charge in [-0.15, -0.1) is 0 Å². The van der Waals surface area contributed by atoms with Gasteiger partial charge in [-0.05, 0) is 58.6 Å². The molecule has 5 heteroatoms. The SMILES string of the molecule is CC(C)N1Cc2c(B3OC(C)(C)C(C)(C)O3)cccc2C1=O. The summed E-state index contributed by atoms with van der Waals surface area (Å²) in [5, 5.41) is 0. The van der Waals surface area contributed by atoms with Gasteiger partial charge in [-0.2, -0.15) is 0 Å². The largest absolute Gasteiger partial charge is 0.495 e. The highest BCUT2D eigenvalue weighted by Crippen LogP contribution is 2.37. The minimum absolute atomic E-state index is 0.100. The molecule has 0 unspecified atom stereocenters. The first kappa shape index (κ1) is 15.6. The van der Waals surface area contributed by atoms with E-state index in [0.717, 1.165) is 16.6 Å². The summed E-state index contributed by atoms with van der Waals surface area (Å²) in [6, 6.07) is 6.01. The van der Waals surface area contributed by atoms with E-state index in [1.165, 1.54) is 0 Å². The van der Waals surface area contributed by atoms with E-state index in [4.69, 9.17) is 9.31 Å². The molecule has 2 heterocycles. The Labute approximate surface area is 132 Å². The van der Waals surface area contributed by atoms with Gasteiger partial charge in [-0.1, -0.05) is 12.1 Å². The molecule has 1 saturated heterocycles. The van der Waals surface area contributed by atoms with Crippen molar-refractivity contribution in [2.24, 2.45) is 0 Å². The van der Waals surface area contributed by atoms with Gasteiger partial charge in [0.1, 0.15) is 0 Å². The highest BCUT2D eigenvalue weighted by Gasteiger charge is 2.52. The number of carbonyl (C=O) groups is 1. The zero-order valence-corrected chi connectivity index (χ0v) is 14.3. The van der Waals surface area contributed by atoms with Gasteiger partial charge in [0.25, 0.3) is 5.91 Å². The lowest BCUT2D eigenvalue weighted by Gasteiger charge is -2.32. The average Bonchev–Trinajstić information content (AvgIpc) is 2.85. The van der Waals surface area contributed by atoms with E-state index in [-0.39, 0.29) is 23.2 Å². The second-order valence-electron chi connectivity index (χ2n) is 7.49. The molecule has 0 spiro atoms. The standard InChI is InChI=1S/C17H24BNO3/c1-11(2)19-10-13-12(15(19)20)8-7-9-14(13)18-21-16(3,4)17(5,6)22-18/h7-9,11H,10H2,1-6H3. The van der Waals surface area contributed by atoms with E-state index in [1.807, 2.05) is 64.6 Å². The molecule has 1 amide bonds. The Bertz CT molecular complexity index is 608. The molecule has 1 aromatic carbocycles. The maximum Gasteiger partial charge on any atom is 0.495 e. The predicted molar refractivity (Wildman–Crippen MR) is 87.2 cm³/mol. The molecule has 4 nitrogen and oxygen atoms in total. The Hall–Kier alpha value is -1.33. The number of fused-ring (bicyclic) bond motifs is 1. The molecule has 22 heavy (non-hydrogen) atoms. The van der Waals surface area contributed by atoms with Gasteiger partial charge in [-0.25, -0.2) is 0 Å². The Morgan fingerprint density at radius 3 is 2.27 bits per heavy atom. The first-order valence-corrected chi connectivity index (χ1v) is 7.92. The van der Waals surface area contributed by atoms with Crippen LogP contribution in [0.5, 0.6) is 0 Å². The first-order valence-electron chi connectivity index (χ1n) is 7.92. The lowest BCUT2D eigenvalue weighted by Crippen LogP contribution is -2.41. The van der Waals surface area contributed by atoms with E-state index in [2.05, 4.69) is 0 Å². The molecule has 3 rings (SSSR count). The zero-order chi connectivity index (χ0) is 16.3. The molecule has 0 aliphatic carbocycles. The van der Waals surface area contributed by atoms with Crippen molar-refractivity contribution in [2.75, 3.05) is 0 Å². The van der Waals surface area contributed by atoms with Crippen molar-refractivity contribution in [1.82, 2.24) is 4.90 Å². The van der Waals surface area contributed by atoms with Gasteiger partial charge < -0.3 is 14.2 Å². The molecule has 2 aliphatic rings. The molecule has 1 fully saturated rings. The Morgan fingerprint density at radius 1 is 1.14 bits per heavy atom. The Morgan fingerprint density at radius 2 is 1.73 bits per heavy atom. The van der Waals surface area contributed by atoms with Crippen LogP contribution >= 0.6 is 0 Å². The summed E-state index contributed by atoms with van der Waals surface area (Å²) in [7, 11) is -0.417. The van der Waals surface area contributed by atoms with E-state index < -0.39 is 7.12 Å². The van der Waals surface area contributed by atoms with Crippen LogP contribution in [-0.4, -0.2) is 35.2 Å². The summed E-state index contributed by atoms with van der Waals surface area (Å²) in [5.41, 5.74) is 2.05. The van der Waals surface area contributed by atoms with Crippen LogP contribution in [0.15, 0.2) is 18.2 Å². The van der Waals surface area contributed by atoms with Crippen molar-refractivity contribution in [2.45, 2.75) is 65.3 Å². The second kappa shape index (κ2) is 4.83. The summed E-state index contributed by atoms with van der Waals surface area (Å²) in [5.74, 6) is 0.100. The Balaban J connectivity index is 1.98. The number of nitrogens with zero attached hydrogens (tertiary/aromatic N) is 1. The minimum atomic E-state index is -0.417. The number of hydrogen-bond acceptors (Lipinski definition) is 3. The highest BCUT2D eigenvalue weighted by atomic mass is 16.7. The van der Waals surface area contributed by atoms with Crippen LogP contribution in [0.3, 0.4) is 0 Å². The first-order chi connectivity index (χ1) is 10.1. The molecule has 2 aliphatic heterocycles. The van der Waals surface area contributed by atoms with Crippen LogP contribution in [0.2, 0.25) is 0 Å².